The molecule has 0 aliphatic carbocycles. The predicted octanol–water partition coefficient (Wildman–Crippen LogP) is 1.85. The predicted molar refractivity (Wildman–Crippen MR) is 58.2 cm³/mol. The van der Waals surface area contributed by atoms with Crippen LogP contribution in [0.3, 0.4) is 0 Å². The van der Waals surface area contributed by atoms with Gasteiger partial charge >= 0.3 is 12.3 Å². The van der Waals surface area contributed by atoms with E-state index in [1.165, 1.54) is 4.90 Å². The van der Waals surface area contributed by atoms with Gasteiger partial charge in [0.05, 0.1) is 0 Å². The van der Waals surface area contributed by atoms with Crippen LogP contribution in [0.25, 0.3) is 0 Å². The number of alkyl halides is 3. The molecule has 0 radical (unpaired) electrons. The van der Waals surface area contributed by atoms with Crippen LogP contribution in [0.15, 0.2) is 0 Å². The maximum Gasteiger partial charge on any atom is 0.422 e. The van der Waals surface area contributed by atoms with Gasteiger partial charge in [-0.1, -0.05) is 0 Å². The molecule has 18 heavy (non-hydrogen) atoms. The van der Waals surface area contributed by atoms with Crippen molar-refractivity contribution < 1.29 is 22.7 Å². The van der Waals surface area contributed by atoms with Gasteiger partial charge in [-0.25, -0.2) is 4.79 Å². The lowest BCUT2D eigenvalue weighted by Crippen LogP contribution is -2.57. The summed E-state index contributed by atoms with van der Waals surface area (Å²) in [6, 6.07) is 0.180. The van der Waals surface area contributed by atoms with Crippen molar-refractivity contribution >= 4 is 6.09 Å². The van der Waals surface area contributed by atoms with Gasteiger partial charge in [0.15, 0.2) is 6.61 Å². The monoisotopic (exact) mass is 266 g/mol. The van der Waals surface area contributed by atoms with E-state index in [0.29, 0.717) is 13.1 Å². The van der Waals surface area contributed by atoms with Gasteiger partial charge in [-0.15, -0.1) is 0 Å². The first kappa shape index (κ1) is 13.5. The van der Waals surface area contributed by atoms with Crippen molar-refractivity contribution in [1.82, 2.24) is 9.80 Å². The molecule has 0 saturated carbocycles. The van der Waals surface area contributed by atoms with Crippen molar-refractivity contribution in [3.05, 3.63) is 0 Å². The minimum absolute atomic E-state index is 0.0971. The van der Waals surface area contributed by atoms with Crippen LogP contribution in [0.5, 0.6) is 0 Å². The summed E-state index contributed by atoms with van der Waals surface area (Å²) >= 11 is 0. The van der Waals surface area contributed by atoms with Crippen LogP contribution in [0.1, 0.15) is 19.8 Å². The lowest BCUT2D eigenvalue weighted by atomic mass is 10.1. The quantitative estimate of drug-likeness (QED) is 0.726. The molecule has 7 heteroatoms. The van der Waals surface area contributed by atoms with Crippen LogP contribution in [0, 0.1) is 0 Å². The minimum Gasteiger partial charge on any atom is -0.440 e. The zero-order valence-corrected chi connectivity index (χ0v) is 10.2. The Hall–Kier alpha value is -0.980. The zero-order valence-electron chi connectivity index (χ0n) is 10.2. The molecule has 2 rings (SSSR count). The van der Waals surface area contributed by atoms with Gasteiger partial charge in [-0.05, 0) is 26.3 Å². The lowest BCUT2D eigenvalue weighted by Gasteiger charge is -2.41. The normalized spacial score (nSPS) is 29.2. The number of hydrogen-bond acceptors (Lipinski definition) is 3. The van der Waals surface area contributed by atoms with Crippen LogP contribution in [-0.4, -0.2) is 60.4 Å². The summed E-state index contributed by atoms with van der Waals surface area (Å²) in [5, 5.41) is 0. The maximum atomic E-state index is 12.0. The van der Waals surface area contributed by atoms with Crippen molar-refractivity contribution in [2.75, 3.05) is 26.2 Å². The number of amides is 1. The summed E-state index contributed by atoms with van der Waals surface area (Å²) < 4.78 is 40.3. The molecule has 2 heterocycles. The van der Waals surface area contributed by atoms with Crippen LogP contribution in [0.4, 0.5) is 18.0 Å². The second-order valence-electron chi connectivity index (χ2n) is 4.96. The summed E-state index contributed by atoms with van der Waals surface area (Å²) in [5.74, 6) is 0. The number of hydrogen-bond donors (Lipinski definition) is 0. The fraction of sp³-hybridized carbons (Fsp3) is 0.909. The van der Waals surface area contributed by atoms with Crippen molar-refractivity contribution in [2.45, 2.75) is 38.0 Å². The highest BCUT2D eigenvalue weighted by Crippen LogP contribution is 2.25. The molecule has 2 saturated heterocycles. The second kappa shape index (κ2) is 4.95. The number of carbonyl (C=O) groups is 1. The van der Waals surface area contributed by atoms with E-state index in [1.807, 2.05) is 6.92 Å². The minimum atomic E-state index is -4.46. The molecule has 104 valence electrons. The first-order chi connectivity index (χ1) is 8.37. The Morgan fingerprint density at radius 3 is 2.78 bits per heavy atom. The smallest absolute Gasteiger partial charge is 0.422 e. The topological polar surface area (TPSA) is 32.8 Å². The van der Waals surface area contributed by atoms with Gasteiger partial charge < -0.3 is 9.64 Å². The molecule has 2 atom stereocenters. The van der Waals surface area contributed by atoms with E-state index in [2.05, 4.69) is 9.64 Å². The highest BCUT2D eigenvalue weighted by molar-refractivity contribution is 5.68. The Balaban J connectivity index is 1.89. The maximum absolute atomic E-state index is 12.0. The zero-order chi connectivity index (χ0) is 13.3. The molecular weight excluding hydrogens is 249 g/mol. The number of halogens is 3. The Kier molecular flexibility index (Phi) is 3.70. The third kappa shape index (κ3) is 3.07. The van der Waals surface area contributed by atoms with Crippen molar-refractivity contribution in [1.29, 1.82) is 0 Å². The molecule has 2 aliphatic heterocycles. The third-order valence-corrected chi connectivity index (χ3v) is 3.53. The van der Waals surface area contributed by atoms with Gasteiger partial charge in [0, 0.05) is 25.2 Å². The molecule has 2 unspecified atom stereocenters. The molecule has 4 nitrogen and oxygen atoms in total. The van der Waals surface area contributed by atoms with Crippen molar-refractivity contribution in [3.63, 3.8) is 0 Å². The van der Waals surface area contributed by atoms with Gasteiger partial charge in [0.2, 0.25) is 0 Å². The molecule has 0 aromatic rings. The van der Waals surface area contributed by atoms with Crippen LogP contribution < -0.4 is 0 Å². The fourth-order valence-corrected chi connectivity index (χ4v) is 2.67. The van der Waals surface area contributed by atoms with Gasteiger partial charge in [0.1, 0.15) is 0 Å². The number of fused-ring (bicyclic) bond motifs is 1. The number of nitrogens with zero attached hydrogens (tertiary/aromatic N) is 2. The molecule has 0 N–H and O–H groups in total. The second-order valence-corrected chi connectivity index (χ2v) is 4.96. The largest absolute Gasteiger partial charge is 0.440 e. The standard InChI is InChI=1S/C11H17F3N2O2/c1-8-5-15-4-2-3-9(15)6-16(8)10(17)18-7-11(12,13)14/h8-9H,2-7H2,1H3. The molecule has 1 amide bonds. The molecule has 0 aromatic carbocycles. The molecule has 0 spiro atoms. The van der Waals surface area contributed by atoms with Gasteiger partial charge in [-0.3, -0.25) is 4.90 Å². The van der Waals surface area contributed by atoms with E-state index in [4.69, 9.17) is 0 Å². The third-order valence-electron chi connectivity index (χ3n) is 3.53. The lowest BCUT2D eigenvalue weighted by molar-refractivity contribution is -0.163. The molecule has 0 bridgehead atoms. The Morgan fingerprint density at radius 1 is 1.39 bits per heavy atom. The summed E-state index contributed by atoms with van der Waals surface area (Å²) in [4.78, 5) is 15.3. The van der Waals surface area contributed by atoms with E-state index in [-0.39, 0.29) is 12.1 Å². The Bertz CT molecular complexity index is 322. The summed E-state index contributed by atoms with van der Waals surface area (Å²) in [5.41, 5.74) is 0. The number of carbonyl (C=O) groups excluding carboxylic acids is 1. The van der Waals surface area contributed by atoms with Crippen molar-refractivity contribution in [3.8, 4) is 0 Å². The molecular formula is C11H17F3N2O2. The average molecular weight is 266 g/mol. The van der Waals surface area contributed by atoms with Gasteiger partial charge in [0.25, 0.3) is 0 Å². The highest BCUT2D eigenvalue weighted by Gasteiger charge is 2.38. The van der Waals surface area contributed by atoms with E-state index < -0.39 is 18.9 Å². The van der Waals surface area contributed by atoms with E-state index in [0.717, 1.165) is 19.4 Å². The summed E-state index contributed by atoms with van der Waals surface area (Å²) in [7, 11) is 0. The first-order valence-corrected chi connectivity index (χ1v) is 6.11. The van der Waals surface area contributed by atoms with Gasteiger partial charge in [-0.2, -0.15) is 13.2 Å². The van der Waals surface area contributed by atoms with E-state index >= 15 is 0 Å². The van der Waals surface area contributed by atoms with Crippen LogP contribution in [0.2, 0.25) is 0 Å². The number of ether oxygens (including phenoxy) is 1. The number of piperazine rings is 1. The summed E-state index contributed by atoms with van der Waals surface area (Å²) in [6.07, 6.45) is -3.24. The highest BCUT2D eigenvalue weighted by atomic mass is 19.4. The van der Waals surface area contributed by atoms with Crippen molar-refractivity contribution in [2.24, 2.45) is 0 Å². The fourth-order valence-electron chi connectivity index (χ4n) is 2.67. The van der Waals surface area contributed by atoms with Crippen LogP contribution in [-0.2, 0) is 4.74 Å². The molecule has 0 aromatic heterocycles. The average Bonchev–Trinajstić information content (AvgIpc) is 2.70. The van der Waals surface area contributed by atoms with Crippen LogP contribution >= 0.6 is 0 Å². The van der Waals surface area contributed by atoms with E-state index in [9.17, 15) is 18.0 Å². The Morgan fingerprint density at radius 2 is 2.11 bits per heavy atom. The molecule has 2 fully saturated rings. The first-order valence-electron chi connectivity index (χ1n) is 6.11. The summed E-state index contributed by atoms with van der Waals surface area (Å²) in [6.45, 7) is 2.52. The van der Waals surface area contributed by atoms with E-state index in [1.54, 1.807) is 0 Å². The SMILES string of the molecule is CC1CN2CCCC2CN1C(=O)OCC(F)(F)F. The number of rotatable bonds is 1. The Labute approximate surface area is 104 Å². The molecule has 2 aliphatic rings.